The van der Waals surface area contributed by atoms with Crippen LogP contribution in [0, 0.1) is 0 Å². The molecule has 0 aliphatic rings. The maximum absolute atomic E-state index is 3.76. The summed E-state index contributed by atoms with van der Waals surface area (Å²) in [6.45, 7) is 0. The first-order valence-electron chi connectivity index (χ1n) is 8.35. The van der Waals surface area contributed by atoms with Gasteiger partial charge in [0.2, 0.25) is 0 Å². The van der Waals surface area contributed by atoms with E-state index >= 15 is 0 Å². The molecule has 13 heteroatoms. The van der Waals surface area contributed by atoms with E-state index in [1.807, 2.05) is 0 Å². The van der Waals surface area contributed by atoms with Gasteiger partial charge in [0.1, 0.15) is 0 Å². The second kappa shape index (κ2) is 10.1. The van der Waals surface area contributed by atoms with Crippen molar-refractivity contribution >= 4 is 56.4 Å². The molecule has 0 aromatic heterocycles. The van der Waals surface area contributed by atoms with Crippen LogP contribution in [-0.4, -0.2) is 103 Å². The third kappa shape index (κ3) is 3.98. The molecular formula is C9H39N7Si6. The van der Waals surface area contributed by atoms with Gasteiger partial charge >= 0.3 is 0 Å². The van der Waals surface area contributed by atoms with Crippen molar-refractivity contribution in [3.8, 4) is 0 Å². The van der Waals surface area contributed by atoms with E-state index in [0.29, 0.717) is 0 Å². The predicted octanol–water partition coefficient (Wildman–Crippen LogP) is -5.61. The Kier molecular flexibility index (Phi) is 10.6. The summed E-state index contributed by atoms with van der Waals surface area (Å²) in [5, 5.41) is 0. The van der Waals surface area contributed by atoms with E-state index in [1.165, 1.54) is 47.7 Å². The van der Waals surface area contributed by atoms with Gasteiger partial charge in [0.05, 0.1) is 0 Å². The van der Waals surface area contributed by atoms with Gasteiger partial charge in [-0.2, -0.15) is 0 Å². The fourth-order valence-electron chi connectivity index (χ4n) is 3.56. The summed E-state index contributed by atoms with van der Waals surface area (Å²) in [6, 6.07) is 0. The van der Waals surface area contributed by atoms with Crippen molar-refractivity contribution in [3.05, 3.63) is 0 Å². The van der Waals surface area contributed by atoms with E-state index in [1.54, 1.807) is 0 Å². The van der Waals surface area contributed by atoms with Crippen LogP contribution < -0.4 is 29.9 Å². The molecule has 0 spiro atoms. The standard InChI is InChI=1S/C9H39N7Si6/c1-10-20(7-17,11-2)16(21(8-18,12-3)13-4)22(9-19,14-5)15-6/h10-15H,7-9H2,1-6,17-19H3. The van der Waals surface area contributed by atoms with Crippen molar-refractivity contribution in [1.82, 2.24) is 33.8 Å². The molecule has 0 atom stereocenters. The van der Waals surface area contributed by atoms with Crippen molar-refractivity contribution in [2.24, 2.45) is 0 Å². The number of hydrogen-bond acceptors (Lipinski definition) is 7. The zero-order chi connectivity index (χ0) is 17.4. The molecule has 0 unspecified atom stereocenters. The van der Waals surface area contributed by atoms with Crippen molar-refractivity contribution in [2.75, 3.05) is 42.3 Å². The van der Waals surface area contributed by atoms with E-state index in [4.69, 9.17) is 0 Å². The Morgan fingerprint density at radius 1 is 0.545 bits per heavy atom. The van der Waals surface area contributed by atoms with Gasteiger partial charge in [0.25, 0.3) is 25.7 Å². The highest BCUT2D eigenvalue weighted by atomic mass is 28.5. The molecule has 0 aliphatic carbocycles. The Balaban J connectivity index is 6.42. The van der Waals surface area contributed by atoms with Gasteiger partial charge in [-0.05, 0) is 59.3 Å². The first-order valence-corrected chi connectivity index (χ1v) is 19.1. The van der Waals surface area contributed by atoms with E-state index in [9.17, 15) is 0 Å². The monoisotopic (exact) mass is 413 g/mol. The number of nitrogens with zero attached hydrogens (tertiary/aromatic N) is 1. The van der Waals surface area contributed by atoms with Crippen LogP contribution in [0.2, 0.25) is 17.0 Å². The molecule has 0 aromatic rings. The molecule has 0 amide bonds. The average molecular weight is 414 g/mol. The molecule has 0 fully saturated rings. The van der Waals surface area contributed by atoms with E-state index in [0.717, 1.165) is 0 Å². The molecule has 0 saturated carbocycles. The highest BCUT2D eigenvalue weighted by Gasteiger charge is 2.58. The molecule has 6 N–H and O–H groups in total. The first-order chi connectivity index (χ1) is 10.4. The molecule has 0 aliphatic heterocycles. The Morgan fingerprint density at radius 2 is 0.727 bits per heavy atom. The van der Waals surface area contributed by atoms with Crippen LogP contribution in [-0.2, 0) is 0 Å². The van der Waals surface area contributed by atoms with Crippen LogP contribution in [0.4, 0.5) is 0 Å². The lowest BCUT2D eigenvalue weighted by atomic mass is 11.6. The van der Waals surface area contributed by atoms with Gasteiger partial charge in [-0.25, -0.2) is 0 Å². The van der Waals surface area contributed by atoms with Gasteiger partial charge in [-0.3, -0.25) is 3.90 Å². The summed E-state index contributed by atoms with van der Waals surface area (Å²) in [6.07, 6.45) is 0. The second-order valence-electron chi connectivity index (χ2n) is 5.48. The lowest BCUT2D eigenvalue weighted by molar-refractivity contribution is 0.674. The summed E-state index contributed by atoms with van der Waals surface area (Å²) in [4.78, 5) is 22.6. The van der Waals surface area contributed by atoms with Crippen molar-refractivity contribution < 1.29 is 0 Å². The zero-order valence-electron chi connectivity index (χ0n) is 16.1. The van der Waals surface area contributed by atoms with Crippen molar-refractivity contribution in [1.29, 1.82) is 0 Å². The van der Waals surface area contributed by atoms with Crippen molar-refractivity contribution in [3.63, 3.8) is 0 Å². The molecule has 134 valence electrons. The smallest absolute Gasteiger partial charge is 0.270 e. The number of nitrogens with one attached hydrogen (secondary N) is 6. The Hall–Kier alpha value is 1.02. The van der Waals surface area contributed by atoms with Crippen molar-refractivity contribution in [2.45, 2.75) is 17.0 Å². The lowest BCUT2D eigenvalue weighted by Gasteiger charge is -2.58. The SMILES string of the molecule is CN[Si](C[SiH3])(NC)N([Si](C[SiH3])(NC)NC)[Si](C[SiH3])(NC)NC. The quantitative estimate of drug-likeness (QED) is 0.178. The van der Waals surface area contributed by atoms with Crippen LogP contribution in [0.1, 0.15) is 0 Å². The Bertz CT molecular complexity index is 238. The minimum absolute atomic E-state index is 1.20. The zero-order valence-corrected chi connectivity index (χ0v) is 25.1. The summed E-state index contributed by atoms with van der Waals surface area (Å²) < 4.78 is 2.92. The fourth-order valence-corrected chi connectivity index (χ4v) is 38.3. The van der Waals surface area contributed by atoms with Gasteiger partial charge in [0, 0.05) is 30.7 Å². The molecule has 0 aromatic carbocycles. The molecule has 0 bridgehead atoms. The second-order valence-corrected chi connectivity index (χ2v) is 24.8. The number of hydrogen-bond donors (Lipinski definition) is 6. The summed E-state index contributed by atoms with van der Waals surface area (Å²) >= 11 is 0. The van der Waals surface area contributed by atoms with Crippen LogP contribution in [0.15, 0.2) is 0 Å². The third-order valence-electron chi connectivity index (χ3n) is 5.16. The Morgan fingerprint density at radius 3 is 0.818 bits per heavy atom. The van der Waals surface area contributed by atoms with Crippen LogP contribution >= 0.6 is 0 Å². The van der Waals surface area contributed by atoms with Gasteiger partial charge in [-0.1, -0.05) is 0 Å². The predicted molar refractivity (Wildman–Crippen MR) is 118 cm³/mol. The number of rotatable bonds is 12. The molecule has 0 radical (unpaired) electrons. The minimum atomic E-state index is -1.93. The largest absolute Gasteiger partial charge is 0.317 e. The first kappa shape index (κ1) is 23.0. The van der Waals surface area contributed by atoms with E-state index in [-0.39, 0.29) is 0 Å². The molecular weight excluding hydrogens is 375 g/mol. The molecule has 7 nitrogen and oxygen atoms in total. The molecule has 0 saturated heterocycles. The molecule has 0 heterocycles. The highest BCUT2D eigenvalue weighted by molar-refractivity contribution is 7.05. The van der Waals surface area contributed by atoms with Gasteiger partial charge < -0.3 is 29.9 Å². The normalized spacial score (nSPS) is 14.3. The maximum atomic E-state index is 3.76. The fraction of sp³-hybridized carbons (Fsp3) is 1.00. The van der Waals surface area contributed by atoms with E-state index in [2.05, 4.69) is 76.1 Å². The summed E-state index contributed by atoms with van der Waals surface area (Å²) in [5.74, 6) is 0. The van der Waals surface area contributed by atoms with Gasteiger partial charge in [0.15, 0.2) is 0 Å². The maximum Gasteiger partial charge on any atom is 0.270 e. The average Bonchev–Trinajstić information content (AvgIpc) is 2.60. The van der Waals surface area contributed by atoms with E-state index < -0.39 is 25.7 Å². The minimum Gasteiger partial charge on any atom is -0.317 e. The van der Waals surface area contributed by atoms with Crippen LogP contribution in [0.5, 0.6) is 0 Å². The lowest BCUT2D eigenvalue weighted by Crippen LogP contribution is -2.95. The Labute approximate surface area is 149 Å². The molecule has 22 heavy (non-hydrogen) atoms. The highest BCUT2D eigenvalue weighted by Crippen LogP contribution is 2.23. The molecule has 0 rings (SSSR count). The van der Waals surface area contributed by atoms with Crippen LogP contribution in [0.3, 0.4) is 0 Å². The van der Waals surface area contributed by atoms with Crippen LogP contribution in [0.25, 0.3) is 0 Å². The summed E-state index contributed by atoms with van der Waals surface area (Å²) in [5.41, 5.74) is 3.79. The topological polar surface area (TPSA) is 75.4 Å². The van der Waals surface area contributed by atoms with Gasteiger partial charge in [-0.15, -0.1) is 0 Å². The third-order valence-corrected chi connectivity index (χ3v) is 31.6. The summed E-state index contributed by atoms with van der Waals surface area (Å²) in [7, 11) is 10.6.